The minimum Gasteiger partial charge on any atom is -0.593 e. The zero-order valence-corrected chi connectivity index (χ0v) is 15.5. The molecule has 0 saturated carbocycles. The maximum atomic E-state index is 13.3. The summed E-state index contributed by atoms with van der Waals surface area (Å²) in [5.41, 5.74) is -0.0684. The molecule has 1 N–H and O–H groups in total. The lowest BCUT2D eigenvalue weighted by Gasteiger charge is -2.31. The van der Waals surface area contributed by atoms with Crippen LogP contribution in [0.5, 0.6) is 5.75 Å². The molecule has 0 aromatic heterocycles. The Morgan fingerprint density at radius 3 is 2.68 bits per heavy atom. The highest BCUT2D eigenvalue weighted by atomic mass is 32.2. The number of carbonyl (C=O) groups is 1. The van der Waals surface area contributed by atoms with Crippen LogP contribution in [0.2, 0.25) is 0 Å². The van der Waals surface area contributed by atoms with E-state index in [1.54, 1.807) is 6.07 Å². The first kappa shape index (κ1) is 19.1. The largest absolute Gasteiger partial charge is 0.593 e. The van der Waals surface area contributed by atoms with Gasteiger partial charge in [0.15, 0.2) is 23.2 Å². The molecule has 28 heavy (non-hydrogen) atoms. The highest BCUT2D eigenvalue weighted by Crippen LogP contribution is 2.35. The highest BCUT2D eigenvalue weighted by Gasteiger charge is 2.38. The molecule has 2 aliphatic rings. The molecule has 4 rings (SSSR count). The lowest BCUT2D eigenvalue weighted by molar-refractivity contribution is 0.102. The van der Waals surface area contributed by atoms with Crippen LogP contribution in [0, 0.1) is 17.5 Å². The molecule has 1 saturated heterocycles. The minimum absolute atomic E-state index is 0.0597. The molecular formula is C19H17F3N2O3S. The van der Waals surface area contributed by atoms with E-state index in [0.717, 1.165) is 19.3 Å². The number of fused-ring (bicyclic) bond motifs is 2. The molecule has 0 bridgehead atoms. The summed E-state index contributed by atoms with van der Waals surface area (Å²) < 4.78 is 60.4. The second kappa shape index (κ2) is 7.65. The average molecular weight is 410 g/mol. The van der Waals surface area contributed by atoms with Gasteiger partial charge in [-0.15, -0.1) is 4.31 Å². The predicted octanol–water partition coefficient (Wildman–Crippen LogP) is 3.63. The number of nitrogens with zero attached hydrogens (tertiary/aromatic N) is 1. The highest BCUT2D eigenvalue weighted by molar-refractivity contribution is 7.89. The Kier molecular flexibility index (Phi) is 5.22. The third-order valence-corrected chi connectivity index (χ3v) is 6.46. The van der Waals surface area contributed by atoms with Gasteiger partial charge < -0.3 is 14.6 Å². The summed E-state index contributed by atoms with van der Waals surface area (Å²) in [6.07, 6.45) is 2.89. The number of piperidine rings is 1. The summed E-state index contributed by atoms with van der Waals surface area (Å²) in [6.45, 7) is 1.11. The van der Waals surface area contributed by atoms with Gasteiger partial charge in [-0.1, -0.05) is 6.42 Å². The van der Waals surface area contributed by atoms with E-state index in [1.165, 1.54) is 12.1 Å². The van der Waals surface area contributed by atoms with Gasteiger partial charge >= 0.3 is 0 Å². The Balaban J connectivity index is 1.59. The number of halogens is 3. The van der Waals surface area contributed by atoms with Crippen molar-refractivity contribution < 1.29 is 27.3 Å². The molecule has 0 aliphatic carbocycles. The molecule has 2 heterocycles. The third-order valence-electron chi connectivity index (χ3n) is 4.85. The fourth-order valence-corrected chi connectivity index (χ4v) is 4.92. The van der Waals surface area contributed by atoms with Gasteiger partial charge in [-0.2, -0.15) is 0 Å². The molecule has 0 spiro atoms. The van der Waals surface area contributed by atoms with Crippen molar-refractivity contribution in [2.45, 2.75) is 30.2 Å². The number of benzene rings is 2. The molecule has 2 aromatic carbocycles. The van der Waals surface area contributed by atoms with Crippen LogP contribution >= 0.6 is 0 Å². The summed E-state index contributed by atoms with van der Waals surface area (Å²) in [4.78, 5) is 12.9. The van der Waals surface area contributed by atoms with Crippen molar-refractivity contribution in [3.8, 4) is 5.75 Å². The van der Waals surface area contributed by atoms with Gasteiger partial charge in [-0.05, 0) is 25.0 Å². The molecule has 1 amide bonds. The van der Waals surface area contributed by atoms with Crippen LogP contribution in [0.15, 0.2) is 35.2 Å². The SMILES string of the molecule is O=C(Nc1cc(F)c(F)c(F)c1)c1ccc2c(c1)[S+]([O-])N1CCCCC1CO2. The third kappa shape index (κ3) is 3.57. The topological polar surface area (TPSA) is 64.6 Å². The molecule has 148 valence electrons. The molecule has 9 heteroatoms. The molecule has 1 fully saturated rings. The Labute approximate surface area is 162 Å². The van der Waals surface area contributed by atoms with Crippen LogP contribution in [0.4, 0.5) is 18.9 Å². The predicted molar refractivity (Wildman–Crippen MR) is 97.0 cm³/mol. The van der Waals surface area contributed by atoms with Crippen molar-refractivity contribution >= 4 is 23.0 Å². The minimum atomic E-state index is -1.60. The van der Waals surface area contributed by atoms with E-state index in [-0.39, 0.29) is 17.3 Å². The maximum Gasteiger partial charge on any atom is 0.255 e. The summed E-state index contributed by atoms with van der Waals surface area (Å²) in [5, 5.41) is 2.32. The van der Waals surface area contributed by atoms with Gasteiger partial charge in [0.25, 0.3) is 5.91 Å². The van der Waals surface area contributed by atoms with Gasteiger partial charge in [0.05, 0.1) is 17.4 Å². The standard InChI is InChI=1S/C19H17F3N2O3S/c20-14-8-12(9-15(21)18(14)22)23-19(25)11-4-5-16-17(7-11)28(26)24-6-2-1-3-13(24)10-27-16/h4-5,7-9,13H,1-3,6,10H2,(H,23,25). The van der Waals surface area contributed by atoms with Crippen LogP contribution in [0.1, 0.15) is 29.6 Å². The number of carbonyl (C=O) groups excluding carboxylic acids is 1. The van der Waals surface area contributed by atoms with Crippen LogP contribution in [0.3, 0.4) is 0 Å². The first-order valence-electron chi connectivity index (χ1n) is 8.85. The first-order chi connectivity index (χ1) is 13.4. The maximum absolute atomic E-state index is 13.3. The van der Waals surface area contributed by atoms with E-state index in [4.69, 9.17) is 4.74 Å². The summed E-state index contributed by atoms with van der Waals surface area (Å²) in [6, 6.07) is 5.94. The number of hydrogen-bond donors (Lipinski definition) is 1. The van der Waals surface area contributed by atoms with Gasteiger partial charge in [0.2, 0.25) is 4.90 Å². The lowest BCUT2D eigenvalue weighted by atomic mass is 10.1. The molecule has 0 radical (unpaired) electrons. The van der Waals surface area contributed by atoms with E-state index in [1.807, 2.05) is 4.31 Å². The number of amides is 1. The van der Waals surface area contributed by atoms with E-state index in [0.29, 0.717) is 35.9 Å². The van der Waals surface area contributed by atoms with Gasteiger partial charge in [-0.3, -0.25) is 4.79 Å². The van der Waals surface area contributed by atoms with Crippen molar-refractivity contribution in [1.29, 1.82) is 0 Å². The Morgan fingerprint density at radius 2 is 1.93 bits per heavy atom. The zero-order chi connectivity index (χ0) is 19.8. The average Bonchev–Trinajstić information content (AvgIpc) is 2.83. The number of hydrogen-bond acceptors (Lipinski definition) is 4. The first-order valence-corrected chi connectivity index (χ1v) is 9.96. The van der Waals surface area contributed by atoms with Crippen LogP contribution < -0.4 is 10.1 Å². The van der Waals surface area contributed by atoms with Crippen LogP contribution in [0.25, 0.3) is 0 Å². The van der Waals surface area contributed by atoms with E-state index < -0.39 is 34.7 Å². The molecular weight excluding hydrogens is 393 g/mol. The quantitative estimate of drug-likeness (QED) is 0.607. The Hall–Kier alpha value is -2.23. The summed E-state index contributed by atoms with van der Waals surface area (Å²) >= 11 is -1.47. The van der Waals surface area contributed by atoms with Crippen molar-refractivity contribution in [3.63, 3.8) is 0 Å². The van der Waals surface area contributed by atoms with Crippen LogP contribution in [-0.2, 0) is 11.4 Å². The van der Waals surface area contributed by atoms with Gasteiger partial charge in [0, 0.05) is 36.0 Å². The molecule has 2 atom stereocenters. The van der Waals surface area contributed by atoms with Crippen molar-refractivity contribution in [3.05, 3.63) is 53.3 Å². The number of nitrogens with one attached hydrogen (secondary N) is 1. The molecule has 5 nitrogen and oxygen atoms in total. The van der Waals surface area contributed by atoms with E-state index in [9.17, 15) is 22.5 Å². The summed E-state index contributed by atoms with van der Waals surface area (Å²) in [5.74, 6) is -4.62. The Morgan fingerprint density at radius 1 is 1.18 bits per heavy atom. The fraction of sp³-hybridized carbons (Fsp3) is 0.316. The second-order valence-corrected chi connectivity index (χ2v) is 8.13. The number of ether oxygens (including phenoxy) is 1. The summed E-state index contributed by atoms with van der Waals surface area (Å²) in [7, 11) is 0. The molecule has 2 aromatic rings. The monoisotopic (exact) mass is 410 g/mol. The van der Waals surface area contributed by atoms with E-state index in [2.05, 4.69) is 5.32 Å². The lowest BCUT2D eigenvalue weighted by Crippen LogP contribution is -2.44. The second-order valence-electron chi connectivity index (χ2n) is 6.72. The Bertz CT molecular complexity index is 904. The van der Waals surface area contributed by atoms with Crippen LogP contribution in [-0.4, -0.2) is 34.0 Å². The van der Waals surface area contributed by atoms with E-state index >= 15 is 0 Å². The number of anilines is 1. The molecule has 2 unspecified atom stereocenters. The van der Waals surface area contributed by atoms with Crippen molar-refractivity contribution in [2.75, 3.05) is 18.5 Å². The fourth-order valence-electron chi connectivity index (χ4n) is 3.41. The van der Waals surface area contributed by atoms with Gasteiger partial charge in [-0.25, -0.2) is 13.2 Å². The number of rotatable bonds is 2. The van der Waals surface area contributed by atoms with Gasteiger partial charge in [0.1, 0.15) is 6.61 Å². The zero-order valence-electron chi connectivity index (χ0n) is 14.7. The van der Waals surface area contributed by atoms with Crippen molar-refractivity contribution in [1.82, 2.24) is 4.31 Å². The molecule has 2 aliphatic heterocycles. The smallest absolute Gasteiger partial charge is 0.255 e. The van der Waals surface area contributed by atoms with Crippen molar-refractivity contribution in [2.24, 2.45) is 0 Å². The normalized spacial score (nSPS) is 21.9.